The highest BCUT2D eigenvalue weighted by Crippen LogP contribution is 2.47. The lowest BCUT2D eigenvalue weighted by Gasteiger charge is -2.46. The van der Waals surface area contributed by atoms with Gasteiger partial charge in [0.1, 0.15) is 21.9 Å². The molecular formula is C26H32FN5O2S. The van der Waals surface area contributed by atoms with Crippen LogP contribution in [0.3, 0.4) is 0 Å². The molecule has 1 saturated carbocycles. The lowest BCUT2D eigenvalue weighted by atomic mass is 9.82. The van der Waals surface area contributed by atoms with Crippen molar-refractivity contribution in [3.8, 4) is 0 Å². The molecule has 0 saturated heterocycles. The summed E-state index contributed by atoms with van der Waals surface area (Å²) in [6.45, 7) is 7.51. The maximum atomic E-state index is 15.2. The molecule has 2 heterocycles. The van der Waals surface area contributed by atoms with Crippen molar-refractivity contribution in [3.63, 3.8) is 0 Å². The summed E-state index contributed by atoms with van der Waals surface area (Å²) >= 11 is 0. The molecule has 1 aromatic heterocycles. The zero-order valence-electron chi connectivity index (χ0n) is 20.6. The molecule has 35 heavy (non-hydrogen) atoms. The van der Waals surface area contributed by atoms with Gasteiger partial charge in [0.05, 0.1) is 11.4 Å². The molecule has 0 bridgehead atoms. The Bertz CT molecular complexity index is 1320. The summed E-state index contributed by atoms with van der Waals surface area (Å²) in [5.74, 6) is -0.730. The number of hydrazone groups is 1. The Kier molecular flexibility index (Phi) is 6.57. The number of sulfone groups is 1. The number of aliphatic imine (C=N–C) groups is 1. The first kappa shape index (κ1) is 25.0. The fourth-order valence-electron chi connectivity index (χ4n) is 4.61. The van der Waals surface area contributed by atoms with E-state index in [0.717, 1.165) is 29.7 Å². The van der Waals surface area contributed by atoms with Crippen LogP contribution in [0.1, 0.15) is 64.5 Å². The van der Waals surface area contributed by atoms with Crippen LogP contribution in [0, 0.1) is 5.82 Å². The third-order valence-electron chi connectivity index (χ3n) is 7.08. The molecule has 2 N–H and O–H groups in total. The Morgan fingerprint density at radius 2 is 2.03 bits per heavy atom. The highest BCUT2D eigenvalue weighted by Gasteiger charge is 2.58. The predicted molar refractivity (Wildman–Crippen MR) is 140 cm³/mol. The van der Waals surface area contributed by atoms with E-state index in [1.165, 1.54) is 6.07 Å². The fraction of sp³-hybridized carbons (Fsp3) is 0.423. The predicted octanol–water partition coefficient (Wildman–Crippen LogP) is 4.80. The quantitative estimate of drug-likeness (QED) is 0.456. The van der Waals surface area contributed by atoms with Crippen LogP contribution in [0.2, 0.25) is 0 Å². The average Bonchev–Trinajstić information content (AvgIpc) is 2.77. The molecule has 1 aromatic carbocycles. The number of nitrogens with zero attached hydrogens (tertiary/aromatic N) is 4. The standard InChI is InChI=1S/C26H32FN5O2S/c1-5-19(3)31-32(16-18(2)20-8-6-13-29-15-20)21-9-10-23(27)22(14-21)25(4)17-35(33,34)26(11-7-12-26)24(28)30-25/h6,8-10,13-16H,5,7,11-12,17H2,1-4H3,(H2,28,30). The number of aromatic nitrogens is 1. The Morgan fingerprint density at radius 3 is 2.60 bits per heavy atom. The molecule has 9 heteroatoms. The summed E-state index contributed by atoms with van der Waals surface area (Å²) in [5, 5.41) is 6.40. The fourth-order valence-corrected chi connectivity index (χ4v) is 7.12. The molecule has 1 aliphatic heterocycles. The number of allylic oxidation sites excluding steroid dienone is 1. The van der Waals surface area contributed by atoms with Crippen LogP contribution >= 0.6 is 0 Å². The third-order valence-corrected chi connectivity index (χ3v) is 9.83. The number of rotatable bonds is 6. The van der Waals surface area contributed by atoms with Crippen LogP contribution in [0.5, 0.6) is 0 Å². The molecule has 4 rings (SSSR count). The number of anilines is 1. The Balaban J connectivity index is 1.81. The van der Waals surface area contributed by atoms with E-state index in [-0.39, 0.29) is 17.2 Å². The summed E-state index contributed by atoms with van der Waals surface area (Å²) in [7, 11) is -3.60. The van der Waals surface area contributed by atoms with Crippen LogP contribution in [-0.4, -0.2) is 35.4 Å². The number of benzene rings is 1. The van der Waals surface area contributed by atoms with E-state index in [2.05, 4.69) is 9.98 Å². The van der Waals surface area contributed by atoms with Gasteiger partial charge in [-0.25, -0.2) is 17.8 Å². The largest absolute Gasteiger partial charge is 0.386 e. The second-order valence-corrected chi connectivity index (χ2v) is 11.9. The van der Waals surface area contributed by atoms with Gasteiger partial charge in [-0.05, 0) is 81.9 Å². The van der Waals surface area contributed by atoms with Gasteiger partial charge >= 0.3 is 0 Å². The van der Waals surface area contributed by atoms with Gasteiger partial charge in [-0.15, -0.1) is 0 Å². The maximum Gasteiger partial charge on any atom is 0.165 e. The van der Waals surface area contributed by atoms with Crippen molar-refractivity contribution in [1.82, 2.24) is 4.98 Å². The van der Waals surface area contributed by atoms with E-state index >= 15 is 4.39 Å². The van der Waals surface area contributed by atoms with Crippen molar-refractivity contribution in [3.05, 3.63) is 65.9 Å². The smallest absolute Gasteiger partial charge is 0.165 e. The molecule has 7 nitrogen and oxygen atoms in total. The van der Waals surface area contributed by atoms with Gasteiger partial charge in [-0.3, -0.25) is 9.98 Å². The number of hydrogen-bond donors (Lipinski definition) is 1. The van der Waals surface area contributed by atoms with Crippen LogP contribution in [0.4, 0.5) is 10.1 Å². The molecule has 0 radical (unpaired) electrons. The van der Waals surface area contributed by atoms with Crippen molar-refractivity contribution >= 4 is 32.6 Å². The molecule has 2 aliphatic rings. The lowest BCUT2D eigenvalue weighted by molar-refractivity contribution is 0.388. The topological polar surface area (TPSA) is 101 Å². The van der Waals surface area contributed by atoms with E-state index in [4.69, 9.17) is 10.8 Å². The Morgan fingerprint density at radius 1 is 1.29 bits per heavy atom. The van der Waals surface area contributed by atoms with Crippen LogP contribution in [-0.2, 0) is 15.4 Å². The first-order valence-electron chi connectivity index (χ1n) is 11.8. The van der Waals surface area contributed by atoms with Crippen molar-refractivity contribution in [2.24, 2.45) is 15.8 Å². The SMILES string of the molecule is CCC(C)=NN(C=C(C)c1cccnc1)c1ccc(F)c(C2(C)CS(=O)(=O)C3(CCC3)C(N)=N2)c1. The monoisotopic (exact) mass is 497 g/mol. The number of nitrogens with two attached hydrogens (primary N) is 1. The first-order valence-corrected chi connectivity index (χ1v) is 13.5. The Labute approximate surface area is 206 Å². The van der Waals surface area contributed by atoms with E-state index in [9.17, 15) is 8.42 Å². The number of hydrogen-bond acceptors (Lipinski definition) is 7. The van der Waals surface area contributed by atoms with E-state index in [0.29, 0.717) is 18.5 Å². The van der Waals surface area contributed by atoms with Crippen molar-refractivity contribution in [1.29, 1.82) is 0 Å². The van der Waals surface area contributed by atoms with Crippen molar-refractivity contribution in [2.75, 3.05) is 10.8 Å². The maximum absolute atomic E-state index is 15.2. The molecule has 1 aliphatic carbocycles. The van der Waals surface area contributed by atoms with Gasteiger partial charge < -0.3 is 5.73 Å². The Hall–Kier alpha value is -3.07. The van der Waals surface area contributed by atoms with Crippen molar-refractivity contribution < 1.29 is 12.8 Å². The summed E-state index contributed by atoms with van der Waals surface area (Å²) in [5.41, 5.74) is 8.39. The molecule has 1 unspecified atom stereocenters. The van der Waals surface area contributed by atoms with Gasteiger partial charge in [-0.1, -0.05) is 13.0 Å². The zero-order valence-corrected chi connectivity index (χ0v) is 21.4. The summed E-state index contributed by atoms with van der Waals surface area (Å²) in [6, 6.07) is 8.39. The van der Waals surface area contributed by atoms with E-state index in [1.807, 2.05) is 39.1 Å². The van der Waals surface area contributed by atoms with E-state index < -0.39 is 25.9 Å². The first-order chi connectivity index (χ1) is 16.5. The zero-order chi connectivity index (χ0) is 25.4. The van der Waals surface area contributed by atoms with Crippen LogP contribution in [0.15, 0.2) is 59.0 Å². The van der Waals surface area contributed by atoms with Crippen LogP contribution in [0.25, 0.3) is 5.57 Å². The molecule has 0 amide bonds. The highest BCUT2D eigenvalue weighted by molar-refractivity contribution is 7.93. The van der Waals surface area contributed by atoms with Gasteiger partial charge in [0.25, 0.3) is 0 Å². The molecular weight excluding hydrogens is 465 g/mol. The number of amidine groups is 1. The minimum absolute atomic E-state index is 0.0892. The third kappa shape index (κ3) is 4.49. The second-order valence-electron chi connectivity index (χ2n) is 9.63. The molecule has 186 valence electrons. The van der Waals surface area contributed by atoms with Crippen molar-refractivity contribution in [2.45, 2.75) is 63.7 Å². The number of halogens is 1. The van der Waals surface area contributed by atoms with E-state index in [1.54, 1.807) is 36.5 Å². The summed E-state index contributed by atoms with van der Waals surface area (Å²) in [6.07, 6.45) is 7.80. The molecule has 1 spiro atoms. The number of pyridine rings is 1. The van der Waals surface area contributed by atoms with Gasteiger partial charge in [-0.2, -0.15) is 5.10 Å². The van der Waals surface area contributed by atoms with Crippen LogP contribution < -0.4 is 10.7 Å². The molecule has 1 fully saturated rings. The summed E-state index contributed by atoms with van der Waals surface area (Å²) in [4.78, 5) is 8.77. The molecule has 2 aromatic rings. The second kappa shape index (κ2) is 9.18. The molecule has 1 atom stereocenters. The van der Waals surface area contributed by atoms with Gasteiger partial charge in [0.15, 0.2) is 9.84 Å². The normalized spacial score (nSPS) is 23.5. The van der Waals surface area contributed by atoms with Gasteiger partial charge in [0, 0.05) is 29.9 Å². The summed E-state index contributed by atoms with van der Waals surface area (Å²) < 4.78 is 40.7. The average molecular weight is 498 g/mol. The van der Waals surface area contributed by atoms with Gasteiger partial charge in [0.2, 0.25) is 0 Å². The minimum Gasteiger partial charge on any atom is -0.386 e. The minimum atomic E-state index is -3.60. The highest BCUT2D eigenvalue weighted by atomic mass is 32.2. The lowest BCUT2D eigenvalue weighted by Crippen LogP contribution is -2.61.